The Bertz CT molecular complexity index is 382. The van der Waals surface area contributed by atoms with Crippen LogP contribution >= 0.6 is 23.2 Å². The number of hydrogen-bond acceptors (Lipinski definition) is 2. The van der Waals surface area contributed by atoms with Gasteiger partial charge in [-0.25, -0.2) is 0 Å². The van der Waals surface area contributed by atoms with Crippen LogP contribution < -0.4 is 5.32 Å². The normalized spacial score (nSPS) is 16.5. The number of anilines is 1. The summed E-state index contributed by atoms with van der Waals surface area (Å²) in [4.78, 5) is 4.50. The summed E-state index contributed by atoms with van der Waals surface area (Å²) < 4.78 is 0. The first-order chi connectivity index (χ1) is 7.74. The lowest BCUT2D eigenvalue weighted by Crippen LogP contribution is -2.11. The second-order valence-electron chi connectivity index (χ2n) is 3.92. The Morgan fingerprint density at radius 3 is 2.50 bits per heavy atom. The van der Waals surface area contributed by atoms with E-state index in [9.17, 15) is 0 Å². The lowest BCUT2D eigenvalue weighted by Gasteiger charge is -2.09. The van der Waals surface area contributed by atoms with Gasteiger partial charge in [-0.15, -0.1) is 0 Å². The minimum absolute atomic E-state index is 0.643. The van der Waals surface area contributed by atoms with Gasteiger partial charge >= 0.3 is 0 Å². The molecule has 2 rings (SSSR count). The molecule has 1 N–H and O–H groups in total. The second kappa shape index (κ2) is 5.55. The predicted octanol–water partition coefficient (Wildman–Crippen LogP) is 4.38. The molecule has 0 atom stereocenters. The third-order valence-corrected chi connectivity index (χ3v) is 2.96. The highest BCUT2D eigenvalue weighted by Crippen LogP contribution is 2.23. The van der Waals surface area contributed by atoms with Crippen molar-refractivity contribution in [1.29, 1.82) is 0 Å². The summed E-state index contributed by atoms with van der Waals surface area (Å²) in [6, 6.07) is 5.45. The minimum Gasteiger partial charge on any atom is -0.344 e. The molecule has 4 heteroatoms. The summed E-state index contributed by atoms with van der Waals surface area (Å²) in [5, 5.41) is 4.57. The van der Waals surface area contributed by atoms with Crippen molar-refractivity contribution in [3.05, 3.63) is 28.2 Å². The fourth-order valence-electron chi connectivity index (χ4n) is 1.77. The molecule has 2 nitrogen and oxygen atoms in total. The molecule has 1 aromatic rings. The van der Waals surface area contributed by atoms with Gasteiger partial charge in [0, 0.05) is 28.7 Å². The van der Waals surface area contributed by atoms with E-state index in [1.54, 1.807) is 6.07 Å². The van der Waals surface area contributed by atoms with Gasteiger partial charge in [0.25, 0.3) is 0 Å². The smallest absolute Gasteiger partial charge is 0.101 e. The Morgan fingerprint density at radius 1 is 1.00 bits per heavy atom. The number of halogens is 2. The number of rotatable bonds is 1. The Labute approximate surface area is 106 Å². The van der Waals surface area contributed by atoms with Gasteiger partial charge in [0.2, 0.25) is 0 Å². The first-order valence-corrected chi connectivity index (χ1v) is 6.26. The van der Waals surface area contributed by atoms with Crippen LogP contribution in [0.5, 0.6) is 0 Å². The minimum atomic E-state index is 0.643. The standard InChI is InChI=1S/C12H14Cl2N2/c13-9-6-10(14)8-11(7-9)16-12-4-2-1-3-5-15-12/h6-8H,1-5H2,(H,15,16). The van der Waals surface area contributed by atoms with Crippen molar-refractivity contribution < 1.29 is 0 Å². The van der Waals surface area contributed by atoms with Crippen LogP contribution in [0.2, 0.25) is 10.0 Å². The monoisotopic (exact) mass is 256 g/mol. The van der Waals surface area contributed by atoms with Gasteiger partial charge in [0.05, 0.1) is 0 Å². The van der Waals surface area contributed by atoms with Crippen LogP contribution in [-0.2, 0) is 0 Å². The predicted molar refractivity (Wildman–Crippen MR) is 70.9 cm³/mol. The number of hydrogen-bond donors (Lipinski definition) is 1. The van der Waals surface area contributed by atoms with Crippen LogP contribution in [0.4, 0.5) is 5.69 Å². The molecule has 1 aliphatic rings. The molecular formula is C12H14Cl2N2. The summed E-state index contributed by atoms with van der Waals surface area (Å²) in [5.41, 5.74) is 0.915. The van der Waals surface area contributed by atoms with E-state index in [0.717, 1.165) is 24.5 Å². The third-order valence-electron chi connectivity index (χ3n) is 2.53. The van der Waals surface area contributed by atoms with Gasteiger partial charge in [0.15, 0.2) is 0 Å². The molecule has 0 unspecified atom stereocenters. The molecule has 0 saturated carbocycles. The van der Waals surface area contributed by atoms with Crippen molar-refractivity contribution in [3.8, 4) is 0 Å². The van der Waals surface area contributed by atoms with E-state index < -0.39 is 0 Å². The van der Waals surface area contributed by atoms with E-state index in [1.807, 2.05) is 12.1 Å². The van der Waals surface area contributed by atoms with Crippen molar-refractivity contribution in [2.75, 3.05) is 11.9 Å². The maximum atomic E-state index is 5.94. The molecule has 0 amide bonds. The average molecular weight is 257 g/mol. The topological polar surface area (TPSA) is 24.4 Å². The highest BCUT2D eigenvalue weighted by Gasteiger charge is 2.05. The average Bonchev–Trinajstić information content (AvgIpc) is 2.44. The summed E-state index contributed by atoms with van der Waals surface area (Å²) in [6.45, 7) is 0.913. The maximum Gasteiger partial charge on any atom is 0.101 e. The van der Waals surface area contributed by atoms with E-state index in [4.69, 9.17) is 23.2 Å². The first-order valence-electron chi connectivity index (χ1n) is 5.50. The third kappa shape index (κ3) is 3.39. The molecule has 1 heterocycles. The molecule has 16 heavy (non-hydrogen) atoms. The van der Waals surface area contributed by atoms with Crippen LogP contribution in [0.15, 0.2) is 23.2 Å². The van der Waals surface area contributed by atoms with E-state index in [1.165, 1.54) is 19.3 Å². The van der Waals surface area contributed by atoms with Gasteiger partial charge in [0.1, 0.15) is 5.84 Å². The molecule has 1 aromatic carbocycles. The summed E-state index contributed by atoms with van der Waals surface area (Å²) in [6.07, 6.45) is 4.64. The summed E-state index contributed by atoms with van der Waals surface area (Å²) >= 11 is 11.9. The number of benzene rings is 1. The van der Waals surface area contributed by atoms with E-state index in [2.05, 4.69) is 10.3 Å². The molecule has 0 bridgehead atoms. The van der Waals surface area contributed by atoms with Crippen molar-refractivity contribution in [2.24, 2.45) is 4.99 Å². The lowest BCUT2D eigenvalue weighted by atomic mass is 10.2. The highest BCUT2D eigenvalue weighted by molar-refractivity contribution is 6.35. The Balaban J connectivity index is 2.10. The molecule has 0 spiro atoms. The van der Waals surface area contributed by atoms with Crippen molar-refractivity contribution in [1.82, 2.24) is 0 Å². The van der Waals surface area contributed by atoms with E-state index in [0.29, 0.717) is 10.0 Å². The van der Waals surface area contributed by atoms with Gasteiger partial charge in [-0.1, -0.05) is 29.6 Å². The van der Waals surface area contributed by atoms with Crippen LogP contribution in [0.3, 0.4) is 0 Å². The molecule has 0 fully saturated rings. The number of amidine groups is 1. The molecule has 0 aliphatic carbocycles. The zero-order valence-corrected chi connectivity index (χ0v) is 10.5. The highest BCUT2D eigenvalue weighted by atomic mass is 35.5. The van der Waals surface area contributed by atoms with Crippen LogP contribution in [0.1, 0.15) is 25.7 Å². The zero-order chi connectivity index (χ0) is 11.4. The first kappa shape index (κ1) is 11.7. The Morgan fingerprint density at radius 2 is 1.75 bits per heavy atom. The fraction of sp³-hybridized carbons (Fsp3) is 0.417. The number of nitrogens with zero attached hydrogens (tertiary/aromatic N) is 1. The van der Waals surface area contributed by atoms with Crippen LogP contribution in [0, 0.1) is 0 Å². The van der Waals surface area contributed by atoms with Gasteiger partial charge < -0.3 is 5.32 Å². The molecule has 1 aliphatic heterocycles. The van der Waals surface area contributed by atoms with Gasteiger partial charge in [-0.2, -0.15) is 0 Å². The SMILES string of the molecule is Clc1cc(Cl)cc(NC2=NCCCCC2)c1. The summed E-state index contributed by atoms with van der Waals surface area (Å²) in [5.74, 6) is 1.04. The number of aliphatic imine (C=N–C) groups is 1. The zero-order valence-electron chi connectivity index (χ0n) is 8.97. The van der Waals surface area contributed by atoms with E-state index in [-0.39, 0.29) is 0 Å². The molecular weight excluding hydrogens is 243 g/mol. The molecule has 0 radical (unpaired) electrons. The molecule has 0 saturated heterocycles. The largest absolute Gasteiger partial charge is 0.344 e. The van der Waals surface area contributed by atoms with Crippen molar-refractivity contribution in [2.45, 2.75) is 25.7 Å². The van der Waals surface area contributed by atoms with Crippen LogP contribution in [-0.4, -0.2) is 12.4 Å². The fourth-order valence-corrected chi connectivity index (χ4v) is 2.29. The Hall–Kier alpha value is -0.730. The molecule has 0 aromatic heterocycles. The quantitative estimate of drug-likeness (QED) is 0.793. The van der Waals surface area contributed by atoms with Crippen molar-refractivity contribution in [3.63, 3.8) is 0 Å². The van der Waals surface area contributed by atoms with Gasteiger partial charge in [-0.3, -0.25) is 4.99 Å². The van der Waals surface area contributed by atoms with Crippen LogP contribution in [0.25, 0.3) is 0 Å². The second-order valence-corrected chi connectivity index (χ2v) is 4.80. The maximum absolute atomic E-state index is 5.94. The number of nitrogens with one attached hydrogen (secondary N) is 1. The summed E-state index contributed by atoms with van der Waals surface area (Å²) in [7, 11) is 0. The van der Waals surface area contributed by atoms with E-state index >= 15 is 0 Å². The molecule has 86 valence electrons. The van der Waals surface area contributed by atoms with Crippen molar-refractivity contribution >= 4 is 34.7 Å². The Kier molecular flexibility index (Phi) is 4.08. The lowest BCUT2D eigenvalue weighted by molar-refractivity contribution is 0.731. The van der Waals surface area contributed by atoms with Gasteiger partial charge in [-0.05, 0) is 31.0 Å².